The second-order valence-corrected chi connectivity index (χ2v) is 4.63. The maximum absolute atomic E-state index is 12.3. The number of hydrogen-bond donors (Lipinski definition) is 0. The fourth-order valence-electron chi connectivity index (χ4n) is 1.62. The van der Waals surface area contributed by atoms with Crippen molar-refractivity contribution >= 4 is 17.6 Å². The molecule has 19 heavy (non-hydrogen) atoms. The van der Waals surface area contributed by atoms with Gasteiger partial charge in [-0.2, -0.15) is 0 Å². The van der Waals surface area contributed by atoms with Crippen LogP contribution in [0.15, 0.2) is 30.3 Å². The molecule has 0 atom stereocenters. The maximum Gasteiger partial charge on any atom is 0.242 e. The number of hydrogen-bond acceptors (Lipinski definition) is 3. The van der Waals surface area contributed by atoms with Gasteiger partial charge in [0.1, 0.15) is 0 Å². The quantitative estimate of drug-likeness (QED) is 0.591. The fourth-order valence-corrected chi connectivity index (χ4v) is 1.62. The largest absolute Gasteiger partial charge is 0.348 e. The van der Waals surface area contributed by atoms with Gasteiger partial charge in [0.2, 0.25) is 11.8 Å². The summed E-state index contributed by atoms with van der Waals surface area (Å²) in [7, 11) is 6.10. The summed E-state index contributed by atoms with van der Waals surface area (Å²) in [5.41, 5.74) is 0.359. The van der Waals surface area contributed by atoms with Gasteiger partial charge < -0.3 is 9.80 Å². The van der Waals surface area contributed by atoms with E-state index in [9.17, 15) is 14.4 Å². The Morgan fingerprint density at radius 2 is 1.26 bits per heavy atom. The number of carbonyl (C=O) groups excluding carboxylic acids is 3. The molecule has 0 unspecified atom stereocenters. The van der Waals surface area contributed by atoms with Gasteiger partial charge in [-0.25, -0.2) is 0 Å². The van der Waals surface area contributed by atoms with Gasteiger partial charge in [-0.1, -0.05) is 30.3 Å². The van der Waals surface area contributed by atoms with Gasteiger partial charge in [-0.05, 0) is 0 Å². The summed E-state index contributed by atoms with van der Waals surface area (Å²) < 4.78 is 0. The number of nitrogens with zero attached hydrogens (tertiary/aromatic N) is 2. The Labute approximate surface area is 112 Å². The predicted molar refractivity (Wildman–Crippen MR) is 71.7 cm³/mol. The normalized spacial score (nSPS) is 10.2. The molecule has 102 valence electrons. The topological polar surface area (TPSA) is 57.7 Å². The summed E-state index contributed by atoms with van der Waals surface area (Å²) in [5, 5.41) is 0. The van der Waals surface area contributed by atoms with Crippen LogP contribution in [0, 0.1) is 5.92 Å². The molecule has 1 rings (SSSR count). The van der Waals surface area contributed by atoms with Crippen LogP contribution in [0.5, 0.6) is 0 Å². The van der Waals surface area contributed by atoms with Gasteiger partial charge in [-0.15, -0.1) is 0 Å². The highest BCUT2D eigenvalue weighted by Crippen LogP contribution is 2.13. The average Bonchev–Trinajstić information content (AvgIpc) is 2.39. The molecule has 1 aromatic carbocycles. The van der Waals surface area contributed by atoms with E-state index >= 15 is 0 Å². The van der Waals surface area contributed by atoms with Crippen LogP contribution in [0.4, 0.5) is 0 Å². The van der Waals surface area contributed by atoms with E-state index in [2.05, 4.69) is 0 Å². The van der Waals surface area contributed by atoms with Crippen molar-refractivity contribution in [2.75, 3.05) is 28.2 Å². The van der Waals surface area contributed by atoms with Crippen molar-refractivity contribution in [2.45, 2.75) is 0 Å². The molecule has 0 saturated carbocycles. The summed E-state index contributed by atoms with van der Waals surface area (Å²) in [6.07, 6.45) is 0. The van der Waals surface area contributed by atoms with Gasteiger partial charge in [0.15, 0.2) is 11.7 Å². The van der Waals surface area contributed by atoms with Crippen LogP contribution in [0.1, 0.15) is 10.4 Å². The number of Topliss-reactive ketones (excluding diaryl/α,β-unsaturated/α-hetero) is 1. The first-order valence-corrected chi connectivity index (χ1v) is 5.88. The van der Waals surface area contributed by atoms with Gasteiger partial charge in [0, 0.05) is 33.8 Å². The van der Waals surface area contributed by atoms with E-state index in [-0.39, 0.29) is 0 Å². The van der Waals surface area contributed by atoms with Crippen molar-refractivity contribution in [3.05, 3.63) is 35.9 Å². The Balaban J connectivity index is 3.14. The molecule has 5 nitrogen and oxygen atoms in total. The minimum Gasteiger partial charge on any atom is -0.348 e. The highest BCUT2D eigenvalue weighted by molar-refractivity contribution is 6.22. The second kappa shape index (κ2) is 6.13. The number of amides is 2. The van der Waals surface area contributed by atoms with Crippen LogP contribution in [-0.4, -0.2) is 55.6 Å². The van der Waals surface area contributed by atoms with E-state index in [0.717, 1.165) is 0 Å². The molecule has 1 aromatic rings. The molecule has 2 amide bonds. The molecule has 0 aliphatic rings. The monoisotopic (exact) mass is 262 g/mol. The van der Waals surface area contributed by atoms with Crippen LogP contribution in [0.2, 0.25) is 0 Å². The Morgan fingerprint density at radius 1 is 0.842 bits per heavy atom. The summed E-state index contributed by atoms with van der Waals surface area (Å²) >= 11 is 0. The summed E-state index contributed by atoms with van der Waals surface area (Å²) in [4.78, 5) is 39.0. The van der Waals surface area contributed by atoms with E-state index in [1.807, 2.05) is 0 Å². The van der Waals surface area contributed by atoms with Crippen LogP contribution in [0.25, 0.3) is 0 Å². The number of rotatable bonds is 4. The van der Waals surface area contributed by atoms with E-state index in [1.54, 1.807) is 30.3 Å². The zero-order chi connectivity index (χ0) is 14.6. The molecule has 0 spiro atoms. The Bertz CT molecular complexity index is 461. The maximum atomic E-state index is 12.3. The molecule has 0 aliphatic heterocycles. The number of carbonyl (C=O) groups is 3. The minimum atomic E-state index is -1.31. The molecule has 0 fully saturated rings. The zero-order valence-electron chi connectivity index (χ0n) is 11.6. The summed E-state index contributed by atoms with van der Waals surface area (Å²) in [6.45, 7) is 0. The van der Waals surface area contributed by atoms with Crippen molar-refractivity contribution in [1.82, 2.24) is 9.80 Å². The second-order valence-electron chi connectivity index (χ2n) is 4.63. The Kier molecular flexibility index (Phi) is 4.80. The van der Waals surface area contributed by atoms with Crippen molar-refractivity contribution in [3.63, 3.8) is 0 Å². The molecule has 0 aromatic heterocycles. The van der Waals surface area contributed by atoms with Crippen molar-refractivity contribution in [1.29, 1.82) is 0 Å². The first-order valence-electron chi connectivity index (χ1n) is 5.88. The van der Waals surface area contributed by atoms with Crippen LogP contribution < -0.4 is 0 Å². The van der Waals surface area contributed by atoms with E-state index < -0.39 is 23.5 Å². The molecule has 0 heterocycles. The highest BCUT2D eigenvalue weighted by Gasteiger charge is 2.36. The van der Waals surface area contributed by atoms with Crippen molar-refractivity contribution in [2.24, 2.45) is 5.92 Å². The molecule has 0 radical (unpaired) electrons. The van der Waals surface area contributed by atoms with Gasteiger partial charge in [0.05, 0.1) is 0 Å². The predicted octanol–water partition coefficient (Wildman–Crippen LogP) is 0.662. The van der Waals surface area contributed by atoms with Crippen LogP contribution >= 0.6 is 0 Å². The number of benzene rings is 1. The van der Waals surface area contributed by atoms with E-state index in [0.29, 0.717) is 5.56 Å². The van der Waals surface area contributed by atoms with Gasteiger partial charge in [-0.3, -0.25) is 14.4 Å². The Morgan fingerprint density at radius 3 is 1.63 bits per heavy atom. The smallest absolute Gasteiger partial charge is 0.242 e. The molecule has 5 heteroatoms. The van der Waals surface area contributed by atoms with Gasteiger partial charge in [0.25, 0.3) is 0 Å². The molecule has 0 bridgehead atoms. The standard InChI is InChI=1S/C14H18N2O3/c1-15(2)13(18)11(14(19)16(3)4)12(17)10-8-6-5-7-9-10/h5-9,11H,1-4H3. The van der Waals surface area contributed by atoms with E-state index in [1.165, 1.54) is 38.0 Å². The lowest BCUT2D eigenvalue weighted by atomic mass is 9.95. The molecule has 0 N–H and O–H groups in total. The lowest BCUT2D eigenvalue weighted by Crippen LogP contribution is -2.44. The summed E-state index contributed by atoms with van der Waals surface area (Å²) in [5.74, 6) is -2.80. The number of ketones is 1. The molecular weight excluding hydrogens is 244 g/mol. The SMILES string of the molecule is CN(C)C(=O)C(C(=O)c1ccccc1)C(=O)N(C)C. The van der Waals surface area contributed by atoms with Crippen LogP contribution in [-0.2, 0) is 9.59 Å². The fraction of sp³-hybridized carbons (Fsp3) is 0.357. The lowest BCUT2D eigenvalue weighted by Gasteiger charge is -2.21. The van der Waals surface area contributed by atoms with Crippen LogP contribution in [0.3, 0.4) is 0 Å². The third-order valence-electron chi connectivity index (χ3n) is 2.70. The molecule has 0 saturated heterocycles. The summed E-state index contributed by atoms with van der Waals surface area (Å²) in [6, 6.07) is 8.37. The molecular formula is C14H18N2O3. The first-order chi connectivity index (χ1) is 8.86. The third-order valence-corrected chi connectivity index (χ3v) is 2.70. The van der Waals surface area contributed by atoms with Crippen molar-refractivity contribution in [3.8, 4) is 0 Å². The molecule has 0 aliphatic carbocycles. The zero-order valence-corrected chi connectivity index (χ0v) is 11.6. The Hall–Kier alpha value is -2.17. The lowest BCUT2D eigenvalue weighted by molar-refractivity contribution is -0.142. The first kappa shape index (κ1) is 14.9. The highest BCUT2D eigenvalue weighted by atomic mass is 16.2. The van der Waals surface area contributed by atoms with Crippen molar-refractivity contribution < 1.29 is 14.4 Å². The third kappa shape index (κ3) is 3.40. The van der Waals surface area contributed by atoms with E-state index in [4.69, 9.17) is 0 Å². The van der Waals surface area contributed by atoms with Gasteiger partial charge >= 0.3 is 0 Å². The minimum absolute atomic E-state index is 0.359. The average molecular weight is 262 g/mol.